The number of para-hydroxylation sites is 1. The highest BCUT2D eigenvalue weighted by atomic mass is 16.5. The van der Waals surface area contributed by atoms with Crippen molar-refractivity contribution in [2.75, 3.05) is 27.2 Å². The normalized spacial score (nSPS) is 17.8. The van der Waals surface area contributed by atoms with E-state index in [4.69, 9.17) is 15.2 Å². The topological polar surface area (TPSA) is 47.7 Å². The van der Waals surface area contributed by atoms with Gasteiger partial charge in [-0.1, -0.05) is 12.1 Å². The van der Waals surface area contributed by atoms with Crippen molar-refractivity contribution in [2.45, 2.75) is 44.8 Å². The number of ether oxygens (including phenoxy) is 2. The fourth-order valence-corrected chi connectivity index (χ4v) is 2.76. The molecular weight excluding hydrogens is 264 g/mol. The van der Waals surface area contributed by atoms with Gasteiger partial charge in [0, 0.05) is 18.6 Å². The zero-order valence-electron chi connectivity index (χ0n) is 13.7. The molecule has 2 rings (SSSR count). The summed E-state index contributed by atoms with van der Waals surface area (Å²) >= 11 is 0. The maximum Gasteiger partial charge on any atom is 0.164 e. The number of rotatable bonds is 5. The van der Waals surface area contributed by atoms with Gasteiger partial charge in [-0.3, -0.25) is 0 Å². The average molecular weight is 292 g/mol. The molecule has 0 radical (unpaired) electrons. The minimum atomic E-state index is -0.267. The van der Waals surface area contributed by atoms with Crippen LogP contribution in [0.25, 0.3) is 0 Å². The standard InChI is InChI=1S/C17H28N2O2/c1-17(2,18)12-13-6-5-7-15(20-4)16(13)21-14-8-10-19(3)11-9-14/h5-7,14H,8-12,18H2,1-4H3. The van der Waals surface area contributed by atoms with Gasteiger partial charge >= 0.3 is 0 Å². The predicted molar refractivity (Wildman–Crippen MR) is 86.1 cm³/mol. The highest BCUT2D eigenvalue weighted by Gasteiger charge is 2.23. The molecule has 0 aliphatic carbocycles. The van der Waals surface area contributed by atoms with Crippen LogP contribution in [0.4, 0.5) is 0 Å². The van der Waals surface area contributed by atoms with Crippen LogP contribution >= 0.6 is 0 Å². The Labute approximate surface area is 128 Å². The summed E-state index contributed by atoms with van der Waals surface area (Å²) in [4.78, 5) is 2.34. The van der Waals surface area contributed by atoms with E-state index in [1.807, 2.05) is 26.0 Å². The molecule has 0 amide bonds. The first-order valence-electron chi connectivity index (χ1n) is 7.69. The molecule has 1 fully saturated rings. The molecule has 0 bridgehead atoms. The second kappa shape index (κ2) is 6.67. The molecule has 2 N–H and O–H groups in total. The maximum atomic E-state index is 6.30. The van der Waals surface area contributed by atoms with E-state index in [0.29, 0.717) is 0 Å². The molecule has 4 heteroatoms. The van der Waals surface area contributed by atoms with Gasteiger partial charge in [-0.05, 0) is 51.8 Å². The van der Waals surface area contributed by atoms with Gasteiger partial charge in [0.1, 0.15) is 6.10 Å². The highest BCUT2D eigenvalue weighted by Crippen LogP contribution is 2.34. The van der Waals surface area contributed by atoms with Crippen molar-refractivity contribution in [3.05, 3.63) is 23.8 Å². The molecule has 1 heterocycles. The number of hydrogen-bond acceptors (Lipinski definition) is 4. The van der Waals surface area contributed by atoms with Crippen LogP contribution in [0.15, 0.2) is 18.2 Å². The van der Waals surface area contributed by atoms with Crippen LogP contribution < -0.4 is 15.2 Å². The van der Waals surface area contributed by atoms with Gasteiger partial charge in [0.05, 0.1) is 7.11 Å². The second-order valence-electron chi connectivity index (χ2n) is 6.73. The van der Waals surface area contributed by atoms with E-state index in [0.717, 1.165) is 49.4 Å². The van der Waals surface area contributed by atoms with Crippen LogP contribution in [0.5, 0.6) is 11.5 Å². The summed E-state index contributed by atoms with van der Waals surface area (Å²) in [6.45, 7) is 6.23. The van der Waals surface area contributed by atoms with Crippen LogP contribution in [0.2, 0.25) is 0 Å². The van der Waals surface area contributed by atoms with Gasteiger partial charge in [-0.15, -0.1) is 0 Å². The highest BCUT2D eigenvalue weighted by molar-refractivity contribution is 5.47. The number of likely N-dealkylation sites (tertiary alicyclic amines) is 1. The first-order valence-corrected chi connectivity index (χ1v) is 7.69. The van der Waals surface area contributed by atoms with Crippen molar-refractivity contribution in [2.24, 2.45) is 5.73 Å². The largest absolute Gasteiger partial charge is 0.493 e. The van der Waals surface area contributed by atoms with Crippen LogP contribution in [-0.4, -0.2) is 43.8 Å². The summed E-state index contributed by atoms with van der Waals surface area (Å²) in [5.74, 6) is 1.67. The molecule has 1 saturated heterocycles. The van der Waals surface area contributed by atoms with Crippen molar-refractivity contribution < 1.29 is 9.47 Å². The van der Waals surface area contributed by atoms with Crippen LogP contribution in [0, 0.1) is 0 Å². The lowest BCUT2D eigenvalue weighted by Crippen LogP contribution is -2.37. The van der Waals surface area contributed by atoms with Crippen molar-refractivity contribution in [1.82, 2.24) is 4.90 Å². The predicted octanol–water partition coefficient (Wildman–Crippen LogP) is 2.45. The molecule has 4 nitrogen and oxygen atoms in total. The summed E-state index contributed by atoms with van der Waals surface area (Å²) in [5.41, 5.74) is 7.04. The molecule has 0 unspecified atom stereocenters. The van der Waals surface area contributed by atoms with Crippen molar-refractivity contribution in [3.63, 3.8) is 0 Å². The molecule has 1 aliphatic rings. The zero-order chi connectivity index (χ0) is 15.5. The van der Waals surface area contributed by atoms with Crippen LogP contribution in [0.3, 0.4) is 0 Å². The quantitative estimate of drug-likeness (QED) is 0.905. The number of methoxy groups -OCH3 is 1. The Morgan fingerprint density at radius 1 is 1.29 bits per heavy atom. The summed E-state index contributed by atoms with van der Waals surface area (Å²) in [6.07, 6.45) is 3.14. The van der Waals surface area contributed by atoms with Crippen LogP contribution in [-0.2, 0) is 6.42 Å². The molecule has 0 spiro atoms. The number of piperidine rings is 1. The van der Waals surface area contributed by atoms with Gasteiger partial charge in [-0.2, -0.15) is 0 Å². The van der Waals surface area contributed by atoms with Crippen LogP contribution in [0.1, 0.15) is 32.3 Å². The Morgan fingerprint density at radius 2 is 1.95 bits per heavy atom. The molecular formula is C17H28N2O2. The van der Waals surface area contributed by atoms with E-state index in [9.17, 15) is 0 Å². The Bertz CT molecular complexity index is 460. The number of nitrogens with two attached hydrogens (primary N) is 1. The van der Waals surface area contributed by atoms with E-state index in [1.54, 1.807) is 7.11 Å². The molecule has 0 atom stereocenters. The SMILES string of the molecule is COc1cccc(CC(C)(C)N)c1OC1CCN(C)CC1. The summed E-state index contributed by atoms with van der Waals surface area (Å²) < 4.78 is 11.8. The average Bonchev–Trinajstić information content (AvgIpc) is 2.41. The first-order chi connectivity index (χ1) is 9.89. The number of hydrogen-bond donors (Lipinski definition) is 1. The second-order valence-corrected chi connectivity index (χ2v) is 6.73. The van der Waals surface area contributed by atoms with Crippen molar-refractivity contribution in [3.8, 4) is 11.5 Å². The summed E-state index contributed by atoms with van der Waals surface area (Å²) in [5, 5.41) is 0. The van der Waals surface area contributed by atoms with Gasteiger partial charge in [-0.25, -0.2) is 0 Å². The van der Waals surface area contributed by atoms with Gasteiger partial charge in [0.25, 0.3) is 0 Å². The summed E-state index contributed by atoms with van der Waals surface area (Å²) in [7, 11) is 3.84. The lowest BCUT2D eigenvalue weighted by Gasteiger charge is -2.31. The lowest BCUT2D eigenvalue weighted by molar-refractivity contribution is 0.110. The van der Waals surface area contributed by atoms with Crippen molar-refractivity contribution >= 4 is 0 Å². The maximum absolute atomic E-state index is 6.30. The van der Waals surface area contributed by atoms with E-state index in [1.165, 1.54) is 0 Å². The third-order valence-corrected chi connectivity index (χ3v) is 3.88. The Balaban J connectivity index is 2.19. The van der Waals surface area contributed by atoms with E-state index in [2.05, 4.69) is 18.0 Å². The van der Waals surface area contributed by atoms with Gasteiger partial charge in [0.15, 0.2) is 11.5 Å². The molecule has 0 saturated carbocycles. The van der Waals surface area contributed by atoms with E-state index < -0.39 is 0 Å². The van der Waals surface area contributed by atoms with E-state index in [-0.39, 0.29) is 11.6 Å². The molecule has 118 valence electrons. The van der Waals surface area contributed by atoms with E-state index >= 15 is 0 Å². The third kappa shape index (κ3) is 4.61. The number of nitrogens with zero attached hydrogens (tertiary/aromatic N) is 1. The van der Waals surface area contributed by atoms with Crippen molar-refractivity contribution in [1.29, 1.82) is 0 Å². The smallest absolute Gasteiger partial charge is 0.164 e. The lowest BCUT2D eigenvalue weighted by atomic mass is 9.95. The molecule has 1 aromatic carbocycles. The Kier molecular flexibility index (Phi) is 5.12. The monoisotopic (exact) mass is 292 g/mol. The third-order valence-electron chi connectivity index (χ3n) is 3.88. The Hall–Kier alpha value is -1.26. The fourth-order valence-electron chi connectivity index (χ4n) is 2.76. The summed E-state index contributed by atoms with van der Waals surface area (Å²) in [6, 6.07) is 6.04. The fraction of sp³-hybridized carbons (Fsp3) is 0.647. The molecule has 21 heavy (non-hydrogen) atoms. The number of benzene rings is 1. The zero-order valence-corrected chi connectivity index (χ0v) is 13.7. The first kappa shape index (κ1) is 16.1. The van der Waals surface area contributed by atoms with Gasteiger partial charge < -0.3 is 20.1 Å². The molecule has 1 aliphatic heterocycles. The molecule has 1 aromatic rings. The minimum absolute atomic E-state index is 0.261. The Morgan fingerprint density at radius 3 is 2.52 bits per heavy atom. The molecule has 0 aromatic heterocycles. The minimum Gasteiger partial charge on any atom is -0.493 e. The van der Waals surface area contributed by atoms with Gasteiger partial charge in [0.2, 0.25) is 0 Å².